The Bertz CT molecular complexity index is 1220. The Hall–Kier alpha value is -4.14. The lowest BCUT2D eigenvalue weighted by Gasteiger charge is -2.05. The number of nitrogens with zero attached hydrogens (tertiary/aromatic N) is 6. The average molecular weight is 401 g/mol. The highest BCUT2D eigenvalue weighted by Gasteiger charge is 2.12. The van der Waals surface area contributed by atoms with Crippen molar-refractivity contribution in [2.24, 2.45) is 0 Å². The van der Waals surface area contributed by atoms with Crippen LogP contribution in [0.3, 0.4) is 0 Å². The molecule has 0 radical (unpaired) electrons. The standard InChI is InChI=1S/C21H19N7O2/c1-13-5-3-6-14(9-13)17-10-18(25-21(22)24-17)19-12-28(27-26-19)11-15-7-4-8-16(23-15)20(29)30-2/h3-10,12H,11H2,1-2H3,(H2,22,24,25). The molecule has 9 nitrogen and oxygen atoms in total. The third-order valence-corrected chi connectivity index (χ3v) is 4.38. The van der Waals surface area contributed by atoms with Gasteiger partial charge in [-0.3, -0.25) is 0 Å². The summed E-state index contributed by atoms with van der Waals surface area (Å²) in [6.45, 7) is 2.35. The summed E-state index contributed by atoms with van der Waals surface area (Å²) in [6, 6.07) is 14.9. The molecule has 0 atom stereocenters. The molecule has 3 aromatic heterocycles. The van der Waals surface area contributed by atoms with Crippen LogP contribution in [0, 0.1) is 6.92 Å². The summed E-state index contributed by atoms with van der Waals surface area (Å²) < 4.78 is 6.32. The highest BCUT2D eigenvalue weighted by Crippen LogP contribution is 2.24. The normalized spacial score (nSPS) is 10.7. The van der Waals surface area contributed by atoms with E-state index in [9.17, 15) is 4.79 Å². The SMILES string of the molecule is COC(=O)c1cccc(Cn2cc(-c3cc(-c4cccc(C)c4)nc(N)n3)nn2)n1. The van der Waals surface area contributed by atoms with Gasteiger partial charge in [0.15, 0.2) is 0 Å². The molecule has 0 fully saturated rings. The van der Waals surface area contributed by atoms with Crippen LogP contribution in [0.1, 0.15) is 21.7 Å². The van der Waals surface area contributed by atoms with Crippen molar-refractivity contribution in [2.75, 3.05) is 12.8 Å². The molecule has 4 aromatic rings. The molecule has 2 N–H and O–H groups in total. The largest absolute Gasteiger partial charge is 0.464 e. The lowest BCUT2D eigenvalue weighted by atomic mass is 10.1. The first-order valence-electron chi connectivity index (χ1n) is 9.18. The number of ether oxygens (including phenoxy) is 1. The Morgan fingerprint density at radius 2 is 1.83 bits per heavy atom. The second kappa shape index (κ2) is 8.08. The van der Waals surface area contributed by atoms with Crippen LogP contribution in [0.15, 0.2) is 54.7 Å². The number of pyridine rings is 1. The summed E-state index contributed by atoms with van der Waals surface area (Å²) in [5.74, 6) is -0.331. The van der Waals surface area contributed by atoms with E-state index in [1.807, 2.05) is 37.3 Å². The Balaban J connectivity index is 1.61. The fraction of sp³-hybridized carbons (Fsp3) is 0.143. The molecule has 0 amide bonds. The number of aromatic nitrogens is 6. The fourth-order valence-corrected chi connectivity index (χ4v) is 2.99. The van der Waals surface area contributed by atoms with Gasteiger partial charge in [0, 0.05) is 5.56 Å². The first-order valence-corrected chi connectivity index (χ1v) is 9.18. The molecule has 0 bridgehead atoms. The van der Waals surface area contributed by atoms with Gasteiger partial charge in [-0.25, -0.2) is 24.4 Å². The highest BCUT2D eigenvalue weighted by atomic mass is 16.5. The monoisotopic (exact) mass is 401 g/mol. The van der Waals surface area contributed by atoms with Crippen molar-refractivity contribution >= 4 is 11.9 Å². The summed E-state index contributed by atoms with van der Waals surface area (Å²) in [5.41, 5.74) is 10.7. The Morgan fingerprint density at radius 3 is 2.63 bits per heavy atom. The number of benzene rings is 1. The van der Waals surface area contributed by atoms with E-state index in [2.05, 4.69) is 25.3 Å². The molecule has 3 heterocycles. The van der Waals surface area contributed by atoms with Gasteiger partial charge in [-0.15, -0.1) is 5.10 Å². The van der Waals surface area contributed by atoms with E-state index in [4.69, 9.17) is 10.5 Å². The van der Waals surface area contributed by atoms with E-state index < -0.39 is 5.97 Å². The zero-order valence-electron chi connectivity index (χ0n) is 16.5. The van der Waals surface area contributed by atoms with Crippen LogP contribution in [-0.4, -0.2) is 43.0 Å². The number of hydrogen-bond acceptors (Lipinski definition) is 8. The van der Waals surface area contributed by atoms with Crippen LogP contribution in [0.25, 0.3) is 22.6 Å². The molecule has 0 aliphatic heterocycles. The summed E-state index contributed by atoms with van der Waals surface area (Å²) in [5, 5.41) is 8.34. The molecule has 0 aliphatic carbocycles. The maximum atomic E-state index is 11.7. The molecule has 1 aromatic carbocycles. The summed E-state index contributed by atoms with van der Waals surface area (Å²) in [7, 11) is 1.32. The van der Waals surface area contributed by atoms with Crippen LogP contribution in [0.4, 0.5) is 5.95 Å². The van der Waals surface area contributed by atoms with E-state index in [1.165, 1.54) is 7.11 Å². The van der Waals surface area contributed by atoms with Gasteiger partial charge in [-0.1, -0.05) is 35.0 Å². The highest BCUT2D eigenvalue weighted by molar-refractivity contribution is 5.87. The number of hydrogen-bond donors (Lipinski definition) is 1. The molecule has 4 rings (SSSR count). The first kappa shape index (κ1) is 19.2. The zero-order chi connectivity index (χ0) is 21.1. The summed E-state index contributed by atoms with van der Waals surface area (Å²) in [6.07, 6.45) is 1.74. The van der Waals surface area contributed by atoms with Crippen LogP contribution in [0.2, 0.25) is 0 Å². The maximum absolute atomic E-state index is 11.7. The number of methoxy groups -OCH3 is 1. The van der Waals surface area contributed by atoms with Gasteiger partial charge in [0.1, 0.15) is 11.4 Å². The predicted octanol–water partition coefficient (Wildman–Crippen LogP) is 2.52. The predicted molar refractivity (Wildman–Crippen MR) is 110 cm³/mol. The number of aryl methyl sites for hydroxylation is 1. The average Bonchev–Trinajstić information content (AvgIpc) is 3.21. The molecule has 0 saturated carbocycles. The number of nitrogen functional groups attached to an aromatic ring is 1. The quantitative estimate of drug-likeness (QED) is 0.506. The van der Waals surface area contributed by atoms with Crippen molar-refractivity contribution in [3.63, 3.8) is 0 Å². The van der Waals surface area contributed by atoms with E-state index >= 15 is 0 Å². The number of esters is 1. The number of nitrogens with two attached hydrogens (primary N) is 1. The van der Waals surface area contributed by atoms with Gasteiger partial charge in [0.2, 0.25) is 5.95 Å². The van der Waals surface area contributed by atoms with Crippen molar-refractivity contribution < 1.29 is 9.53 Å². The van der Waals surface area contributed by atoms with Gasteiger partial charge in [-0.2, -0.15) is 0 Å². The number of rotatable bonds is 5. The van der Waals surface area contributed by atoms with E-state index in [0.717, 1.165) is 11.1 Å². The molecule has 0 aliphatic rings. The Kier molecular flexibility index (Phi) is 5.17. The summed E-state index contributed by atoms with van der Waals surface area (Å²) >= 11 is 0. The zero-order valence-corrected chi connectivity index (χ0v) is 16.5. The van der Waals surface area contributed by atoms with E-state index in [0.29, 0.717) is 29.3 Å². The molecule has 0 saturated heterocycles. The summed E-state index contributed by atoms with van der Waals surface area (Å²) in [4.78, 5) is 24.6. The number of carbonyl (C=O) groups excluding carboxylic acids is 1. The van der Waals surface area contributed by atoms with Gasteiger partial charge in [0.25, 0.3) is 0 Å². The minimum atomic E-state index is -0.490. The van der Waals surface area contributed by atoms with Crippen LogP contribution in [-0.2, 0) is 11.3 Å². The van der Waals surface area contributed by atoms with Crippen LogP contribution < -0.4 is 5.73 Å². The van der Waals surface area contributed by atoms with Crippen molar-refractivity contribution in [1.82, 2.24) is 29.9 Å². The first-order chi connectivity index (χ1) is 14.5. The maximum Gasteiger partial charge on any atom is 0.356 e. The fourth-order valence-electron chi connectivity index (χ4n) is 2.99. The molecular formula is C21H19N7O2. The van der Waals surface area contributed by atoms with Gasteiger partial charge in [-0.05, 0) is 31.2 Å². The lowest BCUT2D eigenvalue weighted by molar-refractivity contribution is 0.0593. The Labute approximate surface area is 172 Å². The van der Waals surface area contributed by atoms with Gasteiger partial charge < -0.3 is 10.5 Å². The van der Waals surface area contributed by atoms with Gasteiger partial charge in [0.05, 0.1) is 36.9 Å². The molecular weight excluding hydrogens is 382 g/mol. The third kappa shape index (κ3) is 4.14. The second-order valence-electron chi connectivity index (χ2n) is 6.67. The number of anilines is 1. The van der Waals surface area contributed by atoms with E-state index in [1.54, 1.807) is 29.1 Å². The smallest absolute Gasteiger partial charge is 0.356 e. The minimum absolute atomic E-state index is 0.158. The van der Waals surface area contributed by atoms with Crippen molar-refractivity contribution in [2.45, 2.75) is 13.5 Å². The van der Waals surface area contributed by atoms with Crippen molar-refractivity contribution in [3.8, 4) is 22.6 Å². The second-order valence-corrected chi connectivity index (χ2v) is 6.67. The molecule has 150 valence electrons. The minimum Gasteiger partial charge on any atom is -0.464 e. The molecule has 0 spiro atoms. The van der Waals surface area contributed by atoms with Crippen molar-refractivity contribution in [1.29, 1.82) is 0 Å². The van der Waals surface area contributed by atoms with Crippen LogP contribution in [0.5, 0.6) is 0 Å². The molecule has 9 heteroatoms. The molecule has 0 unspecified atom stereocenters. The Morgan fingerprint density at radius 1 is 1.03 bits per heavy atom. The topological polar surface area (TPSA) is 122 Å². The molecule has 30 heavy (non-hydrogen) atoms. The number of carbonyl (C=O) groups is 1. The van der Waals surface area contributed by atoms with Crippen LogP contribution >= 0.6 is 0 Å². The van der Waals surface area contributed by atoms with Crippen molar-refractivity contribution in [3.05, 3.63) is 71.7 Å². The lowest BCUT2D eigenvalue weighted by Crippen LogP contribution is -2.08. The third-order valence-electron chi connectivity index (χ3n) is 4.38. The van der Waals surface area contributed by atoms with E-state index in [-0.39, 0.29) is 11.6 Å². The van der Waals surface area contributed by atoms with Gasteiger partial charge >= 0.3 is 5.97 Å².